The van der Waals surface area contributed by atoms with Crippen molar-refractivity contribution in [3.05, 3.63) is 35.9 Å². The number of carbonyl (C=O) groups is 1. The largest absolute Gasteiger partial charge is 0.508 e. The molecular weight excluding hydrogens is 385 g/mol. The topological polar surface area (TPSA) is 75.6 Å². The number of carbonyl (C=O) groups excluding carboxylic acids is 1. The Morgan fingerprint density at radius 1 is 0.966 bits per heavy atom. The average Bonchev–Trinajstić information content (AvgIpc) is 2.73. The molecule has 0 radical (unpaired) electrons. The van der Waals surface area contributed by atoms with E-state index in [0.717, 1.165) is 24.8 Å². The maximum Gasteiger partial charge on any atom is 0.508 e. The van der Waals surface area contributed by atoms with Gasteiger partial charge in [0.2, 0.25) is 0 Å². The van der Waals surface area contributed by atoms with Crippen LogP contribution in [0.5, 0.6) is 0 Å². The van der Waals surface area contributed by atoms with Gasteiger partial charge in [-0.15, -0.1) is 0 Å². The fraction of sp³-hybridized carbons (Fsp3) is 0.696. The Bertz CT molecular complexity index is 553. The summed E-state index contributed by atoms with van der Waals surface area (Å²) < 4.78 is 16.7. The molecule has 0 aliphatic rings. The molecule has 1 aromatic carbocycles. The Morgan fingerprint density at radius 2 is 1.55 bits per heavy atom. The van der Waals surface area contributed by atoms with Crippen molar-refractivity contribution in [3.63, 3.8) is 0 Å². The second-order valence-electron chi connectivity index (χ2n) is 7.70. The van der Waals surface area contributed by atoms with Gasteiger partial charge in [0, 0.05) is 6.54 Å². The number of amides is 1. The summed E-state index contributed by atoms with van der Waals surface area (Å²) >= 11 is 0. The Labute approximate surface area is 177 Å². The molecule has 0 saturated heterocycles. The summed E-state index contributed by atoms with van der Waals surface area (Å²) in [6, 6.07) is 9.53. The summed E-state index contributed by atoms with van der Waals surface area (Å²) in [5.74, 6) is 0. The maximum absolute atomic E-state index is 11.7. The first-order valence-corrected chi connectivity index (χ1v) is 12.5. The molecular formula is C23H39NO4P+. The second kappa shape index (κ2) is 17.4. The van der Waals surface area contributed by atoms with Crippen molar-refractivity contribution >= 4 is 14.1 Å². The summed E-state index contributed by atoms with van der Waals surface area (Å²) in [5, 5.41) is 2.71. The van der Waals surface area contributed by atoms with E-state index in [9.17, 15) is 14.3 Å². The van der Waals surface area contributed by atoms with Crippen molar-refractivity contribution < 1.29 is 19.0 Å². The van der Waals surface area contributed by atoms with E-state index in [1.165, 1.54) is 44.9 Å². The minimum Gasteiger partial charge on any atom is -0.445 e. The first-order valence-electron chi connectivity index (χ1n) is 11.2. The van der Waals surface area contributed by atoms with Crippen LogP contribution in [-0.4, -0.2) is 23.2 Å². The Balaban J connectivity index is 2.04. The fourth-order valence-electron chi connectivity index (χ4n) is 3.36. The van der Waals surface area contributed by atoms with Gasteiger partial charge in [0.25, 0.3) is 0 Å². The summed E-state index contributed by atoms with van der Waals surface area (Å²) in [4.78, 5) is 21.3. The fourth-order valence-corrected chi connectivity index (χ4v) is 4.17. The van der Waals surface area contributed by atoms with Crippen molar-refractivity contribution in [2.75, 3.05) is 6.54 Å². The van der Waals surface area contributed by atoms with Crippen molar-refractivity contribution in [2.24, 2.45) is 0 Å². The van der Waals surface area contributed by atoms with Crippen LogP contribution >= 0.6 is 8.03 Å². The number of rotatable bonds is 17. The van der Waals surface area contributed by atoms with Crippen molar-refractivity contribution in [1.82, 2.24) is 5.32 Å². The normalized spacial score (nSPS) is 12.4. The Hall–Kier alpha value is -1.45. The van der Waals surface area contributed by atoms with Gasteiger partial charge in [-0.3, -0.25) is 0 Å². The van der Waals surface area contributed by atoms with Crippen LogP contribution in [0.4, 0.5) is 4.79 Å². The van der Waals surface area contributed by atoms with E-state index >= 15 is 0 Å². The van der Waals surface area contributed by atoms with Crippen LogP contribution in [-0.2, 0) is 15.9 Å². The van der Waals surface area contributed by atoms with Crippen LogP contribution in [0.1, 0.15) is 89.5 Å². The summed E-state index contributed by atoms with van der Waals surface area (Å²) in [6.07, 6.45) is 12.9. The predicted octanol–water partition coefficient (Wildman–Crippen LogP) is 6.72. The van der Waals surface area contributed by atoms with Gasteiger partial charge < -0.3 is 10.1 Å². The monoisotopic (exact) mass is 424 g/mol. The zero-order valence-electron chi connectivity index (χ0n) is 18.0. The third-order valence-electron chi connectivity index (χ3n) is 5.15. The average molecular weight is 425 g/mol. The summed E-state index contributed by atoms with van der Waals surface area (Å²) in [7, 11) is -2.16. The molecule has 2 atom stereocenters. The molecule has 2 unspecified atom stereocenters. The maximum atomic E-state index is 11.7. The lowest BCUT2D eigenvalue weighted by Gasteiger charge is -2.08. The third-order valence-corrected chi connectivity index (χ3v) is 6.29. The molecule has 2 N–H and O–H groups in total. The van der Waals surface area contributed by atoms with Gasteiger partial charge in [0.05, 0.1) is 0 Å². The number of benzene rings is 1. The quantitative estimate of drug-likeness (QED) is 0.215. The zero-order chi connectivity index (χ0) is 21.2. The molecule has 164 valence electrons. The molecule has 1 rings (SSSR count). The van der Waals surface area contributed by atoms with Gasteiger partial charge in [-0.1, -0.05) is 88.6 Å². The minimum absolute atomic E-state index is 0.170. The lowest BCUT2D eigenvalue weighted by atomic mass is 10.0. The third kappa shape index (κ3) is 14.2. The summed E-state index contributed by atoms with van der Waals surface area (Å²) in [6.45, 7) is 2.94. The standard InChI is InChI=1S/C23H38NO4P/c1-2-3-4-5-6-7-8-9-13-17-22(29(26)27)18-14-19-24-23(25)28-20-21-15-11-10-12-16-21/h10-12,15-16,22H,2-9,13-14,17-20H2,1H3,(H-,24,25,26,27)/p+1. The number of unbranched alkanes of at least 4 members (excludes halogenated alkanes) is 8. The molecule has 0 aromatic heterocycles. The number of nitrogens with one attached hydrogen (secondary N) is 1. The van der Waals surface area contributed by atoms with Gasteiger partial charge >= 0.3 is 14.1 Å². The molecule has 1 aromatic rings. The van der Waals surface area contributed by atoms with Crippen molar-refractivity contribution in [1.29, 1.82) is 0 Å². The first-order chi connectivity index (χ1) is 14.1. The van der Waals surface area contributed by atoms with Crippen LogP contribution in [0.3, 0.4) is 0 Å². The van der Waals surface area contributed by atoms with Gasteiger partial charge in [-0.05, 0) is 35.8 Å². The van der Waals surface area contributed by atoms with E-state index in [-0.39, 0.29) is 12.3 Å². The van der Waals surface area contributed by atoms with Gasteiger partial charge in [0.15, 0.2) is 5.66 Å². The molecule has 0 spiro atoms. The molecule has 0 bridgehead atoms. The second-order valence-corrected chi connectivity index (χ2v) is 9.04. The highest BCUT2D eigenvalue weighted by molar-refractivity contribution is 7.38. The highest BCUT2D eigenvalue weighted by Gasteiger charge is 2.27. The molecule has 29 heavy (non-hydrogen) atoms. The number of ether oxygens (including phenoxy) is 1. The van der Waals surface area contributed by atoms with Crippen LogP contribution in [0.15, 0.2) is 30.3 Å². The number of hydrogen-bond acceptors (Lipinski definition) is 3. The lowest BCUT2D eigenvalue weighted by Crippen LogP contribution is -2.25. The number of alkyl carbamates (subject to hydrolysis) is 1. The van der Waals surface area contributed by atoms with Crippen LogP contribution in [0.25, 0.3) is 0 Å². The highest BCUT2D eigenvalue weighted by Crippen LogP contribution is 2.31. The van der Waals surface area contributed by atoms with E-state index in [0.29, 0.717) is 19.4 Å². The number of hydrogen-bond donors (Lipinski definition) is 2. The molecule has 0 saturated carbocycles. The molecule has 0 aliphatic heterocycles. The summed E-state index contributed by atoms with van der Waals surface area (Å²) in [5.41, 5.74) is 0.776. The Kier molecular flexibility index (Phi) is 15.4. The SMILES string of the molecule is CCCCCCCCCCCC(CCCNC(=O)OCc1ccccc1)[P+](=O)O. The molecule has 0 fully saturated rings. The first kappa shape index (κ1) is 25.6. The molecule has 6 heteroatoms. The molecule has 0 aliphatic carbocycles. The van der Waals surface area contributed by atoms with Crippen LogP contribution < -0.4 is 5.32 Å². The van der Waals surface area contributed by atoms with Crippen LogP contribution in [0, 0.1) is 0 Å². The van der Waals surface area contributed by atoms with Gasteiger partial charge in [0.1, 0.15) is 6.61 Å². The molecule has 1 amide bonds. The van der Waals surface area contributed by atoms with Gasteiger partial charge in [-0.25, -0.2) is 4.79 Å². The van der Waals surface area contributed by atoms with E-state index in [4.69, 9.17) is 4.74 Å². The van der Waals surface area contributed by atoms with Crippen molar-refractivity contribution in [2.45, 2.75) is 96.2 Å². The zero-order valence-corrected chi connectivity index (χ0v) is 18.9. The lowest BCUT2D eigenvalue weighted by molar-refractivity contribution is 0.139. The predicted molar refractivity (Wildman–Crippen MR) is 119 cm³/mol. The van der Waals surface area contributed by atoms with Crippen LogP contribution in [0.2, 0.25) is 0 Å². The van der Waals surface area contributed by atoms with E-state index < -0.39 is 14.1 Å². The van der Waals surface area contributed by atoms with E-state index in [1.54, 1.807) is 0 Å². The smallest absolute Gasteiger partial charge is 0.445 e. The van der Waals surface area contributed by atoms with E-state index in [2.05, 4.69) is 12.2 Å². The van der Waals surface area contributed by atoms with Crippen molar-refractivity contribution in [3.8, 4) is 0 Å². The molecule has 0 heterocycles. The highest BCUT2D eigenvalue weighted by atomic mass is 31.1. The Morgan fingerprint density at radius 3 is 2.17 bits per heavy atom. The molecule has 5 nitrogen and oxygen atoms in total. The minimum atomic E-state index is -2.16. The van der Waals surface area contributed by atoms with Gasteiger partial charge in [-0.2, -0.15) is 4.89 Å². The van der Waals surface area contributed by atoms with E-state index in [1.807, 2.05) is 30.3 Å².